The Morgan fingerprint density at radius 1 is 1.39 bits per heavy atom. The zero-order chi connectivity index (χ0) is 13.2. The first-order chi connectivity index (χ1) is 8.60. The standard InChI is InChI=1S/C11H15N3O3S/c1-2-14-9-5-3-4-6-10(9)18(16,17)13-11(14)12-7-8-15/h3-6,15H,2,7-8H2,1H3,(H,12,13). The molecule has 0 saturated heterocycles. The van der Waals surface area contributed by atoms with E-state index in [1.807, 2.05) is 6.92 Å². The minimum absolute atomic E-state index is 0.121. The van der Waals surface area contributed by atoms with Crippen LogP contribution in [0.4, 0.5) is 5.69 Å². The van der Waals surface area contributed by atoms with Crippen LogP contribution in [0, 0.1) is 0 Å². The summed E-state index contributed by atoms with van der Waals surface area (Å²) in [5, 5.41) is 8.78. The largest absolute Gasteiger partial charge is 0.394 e. The fraction of sp³-hybridized carbons (Fsp3) is 0.364. The molecule has 2 N–H and O–H groups in total. The topological polar surface area (TPSA) is 82.0 Å². The van der Waals surface area contributed by atoms with Gasteiger partial charge >= 0.3 is 0 Å². The maximum atomic E-state index is 12.0. The summed E-state index contributed by atoms with van der Waals surface area (Å²) in [6.45, 7) is 2.54. The lowest BCUT2D eigenvalue weighted by Gasteiger charge is -2.31. The zero-order valence-corrected chi connectivity index (χ0v) is 10.8. The molecule has 6 nitrogen and oxygen atoms in total. The molecule has 0 aliphatic carbocycles. The van der Waals surface area contributed by atoms with E-state index in [0.29, 0.717) is 12.2 Å². The van der Waals surface area contributed by atoms with E-state index in [9.17, 15) is 8.42 Å². The molecule has 98 valence electrons. The van der Waals surface area contributed by atoms with Gasteiger partial charge < -0.3 is 10.0 Å². The van der Waals surface area contributed by atoms with Gasteiger partial charge in [0.05, 0.1) is 18.8 Å². The average Bonchev–Trinajstić information content (AvgIpc) is 2.36. The molecule has 1 heterocycles. The van der Waals surface area contributed by atoms with Gasteiger partial charge in [-0.2, -0.15) is 0 Å². The van der Waals surface area contributed by atoms with Gasteiger partial charge in [0.1, 0.15) is 4.90 Å². The van der Waals surface area contributed by atoms with Crippen LogP contribution in [0.5, 0.6) is 0 Å². The Bertz CT molecular complexity index is 569. The number of aliphatic hydroxyl groups excluding tert-OH is 1. The third kappa shape index (κ3) is 2.19. The van der Waals surface area contributed by atoms with E-state index in [2.05, 4.69) is 9.71 Å². The predicted octanol–water partition coefficient (Wildman–Crippen LogP) is 0.153. The highest BCUT2D eigenvalue weighted by Gasteiger charge is 2.30. The maximum absolute atomic E-state index is 12.0. The molecule has 0 fully saturated rings. The lowest BCUT2D eigenvalue weighted by atomic mass is 10.3. The van der Waals surface area contributed by atoms with Crippen LogP contribution < -0.4 is 9.62 Å². The molecule has 0 radical (unpaired) electrons. The van der Waals surface area contributed by atoms with Crippen LogP contribution >= 0.6 is 0 Å². The molecule has 7 heteroatoms. The highest BCUT2D eigenvalue weighted by atomic mass is 32.2. The van der Waals surface area contributed by atoms with Gasteiger partial charge in [-0.3, -0.25) is 0 Å². The highest BCUT2D eigenvalue weighted by Crippen LogP contribution is 2.28. The number of aliphatic hydroxyl groups is 1. The number of fused-ring (bicyclic) bond motifs is 1. The van der Waals surface area contributed by atoms with E-state index in [-0.39, 0.29) is 24.0 Å². The lowest BCUT2D eigenvalue weighted by molar-refractivity contribution is 0.306. The number of guanidine groups is 1. The number of aliphatic imine (C=N–C) groups is 1. The van der Waals surface area contributed by atoms with Crippen molar-refractivity contribution < 1.29 is 13.5 Å². The monoisotopic (exact) mass is 269 g/mol. The smallest absolute Gasteiger partial charge is 0.266 e. The maximum Gasteiger partial charge on any atom is 0.266 e. The third-order valence-electron chi connectivity index (χ3n) is 2.60. The van der Waals surface area contributed by atoms with Gasteiger partial charge in [0.25, 0.3) is 10.0 Å². The van der Waals surface area contributed by atoms with Crippen LogP contribution in [-0.4, -0.2) is 39.2 Å². The van der Waals surface area contributed by atoms with E-state index in [1.165, 1.54) is 0 Å². The normalized spacial score (nSPS) is 19.4. The summed E-state index contributed by atoms with van der Waals surface area (Å²) < 4.78 is 26.5. The first-order valence-electron chi connectivity index (χ1n) is 5.65. The molecule has 0 saturated carbocycles. The molecule has 1 aliphatic heterocycles. The van der Waals surface area contributed by atoms with Crippen molar-refractivity contribution in [3.63, 3.8) is 0 Å². The number of hydrogen-bond donors (Lipinski definition) is 2. The molecule has 1 aromatic rings. The van der Waals surface area contributed by atoms with E-state index in [1.54, 1.807) is 29.2 Å². The predicted molar refractivity (Wildman–Crippen MR) is 69.2 cm³/mol. The van der Waals surface area contributed by atoms with Crippen molar-refractivity contribution in [1.29, 1.82) is 0 Å². The number of benzene rings is 1. The van der Waals surface area contributed by atoms with Crippen molar-refractivity contribution in [2.24, 2.45) is 4.99 Å². The second-order valence-corrected chi connectivity index (χ2v) is 5.40. The molecule has 0 atom stereocenters. The Morgan fingerprint density at radius 2 is 2.11 bits per heavy atom. The molecule has 0 unspecified atom stereocenters. The van der Waals surface area contributed by atoms with Crippen molar-refractivity contribution in [2.45, 2.75) is 11.8 Å². The Morgan fingerprint density at radius 3 is 2.78 bits per heavy atom. The van der Waals surface area contributed by atoms with Crippen molar-refractivity contribution in [2.75, 3.05) is 24.6 Å². The number of sulfonamides is 1. The third-order valence-corrected chi connectivity index (χ3v) is 3.98. The number of nitrogens with one attached hydrogen (secondary N) is 1. The summed E-state index contributed by atoms with van der Waals surface area (Å²) in [4.78, 5) is 6.07. The van der Waals surface area contributed by atoms with Crippen molar-refractivity contribution >= 4 is 21.7 Å². The van der Waals surface area contributed by atoms with E-state index >= 15 is 0 Å². The van der Waals surface area contributed by atoms with Crippen LogP contribution in [0.3, 0.4) is 0 Å². The SMILES string of the molecule is CCN1C(=NCCO)NS(=O)(=O)c2ccccc21. The molecule has 0 aromatic heterocycles. The molecule has 0 bridgehead atoms. The van der Waals surface area contributed by atoms with E-state index in [0.717, 1.165) is 0 Å². The molecule has 0 spiro atoms. The first kappa shape index (κ1) is 12.8. The van der Waals surface area contributed by atoms with Gasteiger partial charge in [0.15, 0.2) is 0 Å². The number of hydrogen-bond acceptors (Lipinski definition) is 4. The van der Waals surface area contributed by atoms with Gasteiger partial charge in [0, 0.05) is 6.54 Å². The zero-order valence-electron chi connectivity index (χ0n) is 10.00. The van der Waals surface area contributed by atoms with Gasteiger partial charge in [0.2, 0.25) is 5.96 Å². The summed E-state index contributed by atoms with van der Waals surface area (Å²) in [7, 11) is -3.57. The first-order valence-corrected chi connectivity index (χ1v) is 7.13. The van der Waals surface area contributed by atoms with Gasteiger partial charge in [-0.1, -0.05) is 12.1 Å². The summed E-state index contributed by atoms with van der Waals surface area (Å²) in [5.74, 6) is 0.255. The second-order valence-electron chi connectivity index (χ2n) is 3.75. The van der Waals surface area contributed by atoms with Gasteiger partial charge in [-0.25, -0.2) is 18.1 Å². The van der Waals surface area contributed by atoms with Crippen LogP contribution in [-0.2, 0) is 10.0 Å². The molecular formula is C11H15N3O3S. The van der Waals surface area contributed by atoms with Crippen LogP contribution in [0.1, 0.15) is 6.92 Å². The minimum Gasteiger partial charge on any atom is -0.394 e. The number of para-hydroxylation sites is 1. The Balaban J connectivity index is 2.54. The Labute approximate surface area is 106 Å². The average molecular weight is 269 g/mol. The number of nitrogens with zero attached hydrogens (tertiary/aromatic N) is 2. The molecular weight excluding hydrogens is 254 g/mol. The molecule has 0 amide bonds. The van der Waals surface area contributed by atoms with E-state index in [4.69, 9.17) is 5.11 Å². The van der Waals surface area contributed by atoms with Crippen molar-refractivity contribution in [1.82, 2.24) is 4.72 Å². The number of rotatable bonds is 3. The summed E-state index contributed by atoms with van der Waals surface area (Å²) in [5.41, 5.74) is 0.607. The van der Waals surface area contributed by atoms with Crippen LogP contribution in [0.15, 0.2) is 34.2 Å². The molecule has 1 aromatic carbocycles. The summed E-state index contributed by atoms with van der Waals surface area (Å²) in [6.07, 6.45) is 0. The van der Waals surface area contributed by atoms with Crippen LogP contribution in [0.2, 0.25) is 0 Å². The van der Waals surface area contributed by atoms with Gasteiger partial charge in [-0.15, -0.1) is 0 Å². The van der Waals surface area contributed by atoms with Gasteiger partial charge in [-0.05, 0) is 19.1 Å². The summed E-state index contributed by atoms with van der Waals surface area (Å²) >= 11 is 0. The van der Waals surface area contributed by atoms with E-state index < -0.39 is 10.0 Å². The van der Waals surface area contributed by atoms with Crippen LogP contribution in [0.25, 0.3) is 0 Å². The fourth-order valence-electron chi connectivity index (χ4n) is 1.85. The number of anilines is 1. The second kappa shape index (κ2) is 4.95. The van der Waals surface area contributed by atoms with Crippen molar-refractivity contribution in [3.05, 3.63) is 24.3 Å². The fourth-order valence-corrected chi connectivity index (χ4v) is 3.08. The Kier molecular flexibility index (Phi) is 3.53. The molecule has 1 aliphatic rings. The quantitative estimate of drug-likeness (QED) is 0.818. The summed E-state index contributed by atoms with van der Waals surface area (Å²) in [6, 6.07) is 6.77. The molecule has 2 rings (SSSR count). The van der Waals surface area contributed by atoms with Crippen molar-refractivity contribution in [3.8, 4) is 0 Å². The lowest BCUT2D eigenvalue weighted by Crippen LogP contribution is -2.49. The minimum atomic E-state index is -3.57. The highest BCUT2D eigenvalue weighted by molar-refractivity contribution is 7.90. The Hall–Kier alpha value is -1.60. The molecule has 18 heavy (non-hydrogen) atoms.